The normalized spacial score (nSPS) is 30.0. The highest BCUT2D eigenvalue weighted by Gasteiger charge is 2.29. The summed E-state index contributed by atoms with van der Waals surface area (Å²) in [5.41, 5.74) is 0. The largest absolute Gasteiger partial charge is 0.314 e. The summed E-state index contributed by atoms with van der Waals surface area (Å²) in [6, 6.07) is 0.768. The highest BCUT2D eigenvalue weighted by molar-refractivity contribution is 4.84. The Hall–Kier alpha value is -0.0400. The summed E-state index contributed by atoms with van der Waals surface area (Å²) >= 11 is 0. The zero-order valence-corrected chi connectivity index (χ0v) is 11.8. The molecular formula is C15H31N. The van der Waals surface area contributed by atoms with Crippen molar-refractivity contribution >= 4 is 0 Å². The van der Waals surface area contributed by atoms with Crippen molar-refractivity contribution in [3.8, 4) is 0 Å². The Bertz CT molecular complexity index is 178. The van der Waals surface area contributed by atoms with Crippen molar-refractivity contribution in [2.45, 2.75) is 72.3 Å². The van der Waals surface area contributed by atoms with E-state index in [1.807, 2.05) is 0 Å². The van der Waals surface area contributed by atoms with Gasteiger partial charge in [0.2, 0.25) is 0 Å². The maximum absolute atomic E-state index is 3.75. The maximum Gasteiger partial charge on any atom is 0.0121 e. The van der Waals surface area contributed by atoms with E-state index in [-0.39, 0.29) is 0 Å². The lowest BCUT2D eigenvalue weighted by molar-refractivity contribution is 0.172. The fourth-order valence-electron chi connectivity index (χ4n) is 3.35. The van der Waals surface area contributed by atoms with Crippen LogP contribution < -0.4 is 5.32 Å². The molecule has 0 aliphatic heterocycles. The fourth-order valence-corrected chi connectivity index (χ4v) is 3.35. The van der Waals surface area contributed by atoms with Crippen LogP contribution in [-0.2, 0) is 0 Å². The van der Waals surface area contributed by atoms with Crippen LogP contribution >= 0.6 is 0 Å². The Kier molecular flexibility index (Phi) is 6.41. The van der Waals surface area contributed by atoms with Gasteiger partial charge >= 0.3 is 0 Å². The van der Waals surface area contributed by atoms with E-state index in [4.69, 9.17) is 0 Å². The van der Waals surface area contributed by atoms with Crippen molar-refractivity contribution in [3.63, 3.8) is 0 Å². The SMILES string of the molecule is CCNC(C(C)CC)C1CCCC(CC)C1. The third kappa shape index (κ3) is 3.76. The number of nitrogens with one attached hydrogen (secondary N) is 1. The van der Waals surface area contributed by atoms with Crippen LogP contribution in [0.1, 0.15) is 66.2 Å². The van der Waals surface area contributed by atoms with Crippen molar-refractivity contribution in [2.24, 2.45) is 17.8 Å². The van der Waals surface area contributed by atoms with Crippen molar-refractivity contribution < 1.29 is 0 Å². The molecule has 0 bridgehead atoms. The van der Waals surface area contributed by atoms with Crippen molar-refractivity contribution in [2.75, 3.05) is 6.54 Å². The molecule has 0 spiro atoms. The van der Waals surface area contributed by atoms with Gasteiger partial charge in [0.1, 0.15) is 0 Å². The average Bonchev–Trinajstić information content (AvgIpc) is 2.35. The van der Waals surface area contributed by atoms with E-state index in [1.54, 1.807) is 0 Å². The van der Waals surface area contributed by atoms with Gasteiger partial charge in [0.25, 0.3) is 0 Å². The monoisotopic (exact) mass is 225 g/mol. The predicted molar refractivity (Wildman–Crippen MR) is 72.7 cm³/mol. The van der Waals surface area contributed by atoms with Crippen LogP contribution in [0, 0.1) is 17.8 Å². The minimum absolute atomic E-state index is 0.768. The van der Waals surface area contributed by atoms with Crippen molar-refractivity contribution in [1.82, 2.24) is 5.32 Å². The van der Waals surface area contributed by atoms with Crippen LogP contribution in [0.2, 0.25) is 0 Å². The molecule has 0 saturated heterocycles. The van der Waals surface area contributed by atoms with Gasteiger partial charge in [0, 0.05) is 6.04 Å². The average molecular weight is 225 g/mol. The van der Waals surface area contributed by atoms with Gasteiger partial charge in [0.05, 0.1) is 0 Å². The predicted octanol–water partition coefficient (Wildman–Crippen LogP) is 4.23. The molecule has 0 heterocycles. The Morgan fingerprint density at radius 3 is 2.50 bits per heavy atom. The Balaban J connectivity index is 2.55. The van der Waals surface area contributed by atoms with Crippen LogP contribution in [0.25, 0.3) is 0 Å². The molecule has 0 aromatic rings. The van der Waals surface area contributed by atoms with Gasteiger partial charge < -0.3 is 5.32 Å². The minimum Gasteiger partial charge on any atom is -0.314 e. The topological polar surface area (TPSA) is 12.0 Å². The Morgan fingerprint density at radius 1 is 1.19 bits per heavy atom. The van der Waals surface area contributed by atoms with Crippen LogP contribution in [-0.4, -0.2) is 12.6 Å². The van der Waals surface area contributed by atoms with E-state index in [2.05, 4.69) is 33.0 Å². The van der Waals surface area contributed by atoms with E-state index in [1.165, 1.54) is 38.5 Å². The number of rotatable bonds is 6. The van der Waals surface area contributed by atoms with Gasteiger partial charge in [-0.2, -0.15) is 0 Å². The molecule has 0 aromatic heterocycles. The van der Waals surface area contributed by atoms with E-state index in [0.717, 1.165) is 30.3 Å². The van der Waals surface area contributed by atoms with Crippen LogP contribution in [0.15, 0.2) is 0 Å². The van der Waals surface area contributed by atoms with E-state index >= 15 is 0 Å². The number of hydrogen-bond donors (Lipinski definition) is 1. The van der Waals surface area contributed by atoms with Crippen molar-refractivity contribution in [3.05, 3.63) is 0 Å². The van der Waals surface area contributed by atoms with Crippen LogP contribution in [0.4, 0.5) is 0 Å². The van der Waals surface area contributed by atoms with E-state index in [9.17, 15) is 0 Å². The molecule has 1 nitrogen and oxygen atoms in total. The molecule has 0 amide bonds. The third-order valence-electron chi connectivity index (χ3n) is 4.61. The molecule has 1 rings (SSSR count). The van der Waals surface area contributed by atoms with Gasteiger partial charge in [-0.25, -0.2) is 0 Å². The van der Waals surface area contributed by atoms with Crippen LogP contribution in [0.5, 0.6) is 0 Å². The standard InChI is InChI=1S/C15H31N/c1-5-12(4)15(16-7-3)14-10-8-9-13(6-2)11-14/h12-16H,5-11H2,1-4H3. The molecule has 1 aliphatic carbocycles. The lowest BCUT2D eigenvalue weighted by Crippen LogP contribution is -2.43. The molecule has 1 heteroatoms. The van der Waals surface area contributed by atoms with Gasteiger partial charge in [0.15, 0.2) is 0 Å². The first-order valence-corrected chi connectivity index (χ1v) is 7.46. The molecule has 1 N–H and O–H groups in total. The van der Waals surface area contributed by atoms with E-state index in [0.29, 0.717) is 0 Å². The Morgan fingerprint density at radius 2 is 1.94 bits per heavy atom. The molecule has 1 fully saturated rings. The molecule has 1 saturated carbocycles. The quantitative estimate of drug-likeness (QED) is 0.713. The zero-order valence-electron chi connectivity index (χ0n) is 11.8. The summed E-state index contributed by atoms with van der Waals surface area (Å²) in [5, 5.41) is 3.75. The van der Waals surface area contributed by atoms with Gasteiger partial charge in [-0.15, -0.1) is 0 Å². The summed E-state index contributed by atoms with van der Waals surface area (Å²) in [4.78, 5) is 0. The van der Waals surface area contributed by atoms with Crippen molar-refractivity contribution in [1.29, 1.82) is 0 Å². The zero-order chi connectivity index (χ0) is 12.0. The lowest BCUT2D eigenvalue weighted by Gasteiger charge is -2.37. The van der Waals surface area contributed by atoms with E-state index < -0.39 is 0 Å². The second kappa shape index (κ2) is 7.32. The third-order valence-corrected chi connectivity index (χ3v) is 4.61. The summed E-state index contributed by atoms with van der Waals surface area (Å²) in [5.74, 6) is 2.78. The first-order valence-electron chi connectivity index (χ1n) is 7.46. The molecule has 4 unspecified atom stereocenters. The molecule has 0 radical (unpaired) electrons. The minimum atomic E-state index is 0.768. The molecule has 16 heavy (non-hydrogen) atoms. The first-order chi connectivity index (χ1) is 7.72. The summed E-state index contributed by atoms with van der Waals surface area (Å²) in [6.07, 6.45) is 8.56. The van der Waals surface area contributed by atoms with Crippen LogP contribution in [0.3, 0.4) is 0 Å². The molecule has 96 valence electrons. The maximum atomic E-state index is 3.75. The first kappa shape index (κ1) is 14.0. The summed E-state index contributed by atoms with van der Waals surface area (Å²) < 4.78 is 0. The molecule has 4 atom stereocenters. The highest BCUT2D eigenvalue weighted by atomic mass is 14.9. The fraction of sp³-hybridized carbons (Fsp3) is 1.00. The molecule has 0 aromatic carbocycles. The summed E-state index contributed by atoms with van der Waals surface area (Å²) in [6.45, 7) is 10.5. The van der Waals surface area contributed by atoms with Gasteiger partial charge in [-0.05, 0) is 37.1 Å². The highest BCUT2D eigenvalue weighted by Crippen LogP contribution is 2.35. The number of hydrogen-bond acceptors (Lipinski definition) is 1. The Labute approximate surface area is 102 Å². The molecule has 1 aliphatic rings. The summed E-state index contributed by atoms with van der Waals surface area (Å²) in [7, 11) is 0. The molecular weight excluding hydrogens is 194 g/mol. The van der Waals surface area contributed by atoms with Gasteiger partial charge in [-0.1, -0.05) is 53.4 Å². The second-order valence-corrected chi connectivity index (χ2v) is 5.67. The second-order valence-electron chi connectivity index (χ2n) is 5.67. The van der Waals surface area contributed by atoms with Gasteiger partial charge in [-0.3, -0.25) is 0 Å². The smallest absolute Gasteiger partial charge is 0.0121 e. The lowest BCUT2D eigenvalue weighted by atomic mass is 9.73.